The van der Waals surface area contributed by atoms with Crippen LogP contribution in [0.4, 0.5) is 16.4 Å². The van der Waals surface area contributed by atoms with Gasteiger partial charge in [0.05, 0.1) is 0 Å². The molecule has 0 N–H and O–H groups in total. The molecule has 1 aromatic carbocycles. The second kappa shape index (κ2) is 8.02. The highest BCUT2D eigenvalue weighted by atomic mass is 35.5. The van der Waals surface area contributed by atoms with E-state index in [1.54, 1.807) is 45.3 Å². The van der Waals surface area contributed by atoms with Crippen LogP contribution in [-0.4, -0.2) is 77.5 Å². The molecule has 0 atom stereocenters. The second-order valence-corrected chi connectivity index (χ2v) is 7.19. The van der Waals surface area contributed by atoms with Crippen LogP contribution in [0.3, 0.4) is 0 Å². The van der Waals surface area contributed by atoms with E-state index in [9.17, 15) is 9.59 Å². The number of piperazine rings is 1. The number of hydrogen-bond acceptors (Lipinski definition) is 5. The van der Waals surface area contributed by atoms with E-state index >= 15 is 0 Å². The molecule has 2 aliphatic heterocycles. The van der Waals surface area contributed by atoms with Crippen LogP contribution in [0.25, 0.3) is 0 Å². The molecule has 3 amide bonds. The zero-order valence-corrected chi connectivity index (χ0v) is 16.1. The molecule has 0 saturated carbocycles. The summed E-state index contributed by atoms with van der Waals surface area (Å²) in [6.07, 6.45) is 3.43. The average Bonchev–Trinajstić information content (AvgIpc) is 3.09. The molecule has 0 bridgehead atoms. The van der Waals surface area contributed by atoms with Gasteiger partial charge in [0.15, 0.2) is 0 Å². The average molecular weight is 401 g/mol. The van der Waals surface area contributed by atoms with Gasteiger partial charge in [-0.3, -0.25) is 9.69 Å². The van der Waals surface area contributed by atoms with Crippen molar-refractivity contribution < 1.29 is 9.59 Å². The molecule has 8 nitrogen and oxygen atoms in total. The van der Waals surface area contributed by atoms with Gasteiger partial charge >= 0.3 is 6.03 Å². The van der Waals surface area contributed by atoms with Gasteiger partial charge in [-0.05, 0) is 30.3 Å². The van der Waals surface area contributed by atoms with Gasteiger partial charge in [0.1, 0.15) is 6.54 Å². The van der Waals surface area contributed by atoms with E-state index < -0.39 is 0 Å². The minimum atomic E-state index is -0.146. The fraction of sp³-hybridized carbons (Fsp3) is 0.368. The molecule has 1 aromatic heterocycles. The number of carbonyl (C=O) groups is 2. The predicted octanol–water partition coefficient (Wildman–Crippen LogP) is 1.72. The minimum absolute atomic E-state index is 0.0278. The van der Waals surface area contributed by atoms with E-state index in [-0.39, 0.29) is 18.5 Å². The Hall–Kier alpha value is -2.87. The van der Waals surface area contributed by atoms with Crippen LogP contribution in [0.2, 0.25) is 5.02 Å². The number of rotatable bonds is 4. The van der Waals surface area contributed by atoms with Gasteiger partial charge in [0.2, 0.25) is 11.9 Å². The third-order valence-electron chi connectivity index (χ3n) is 5.03. The van der Waals surface area contributed by atoms with Crippen LogP contribution in [0.5, 0.6) is 0 Å². The maximum atomic E-state index is 12.7. The summed E-state index contributed by atoms with van der Waals surface area (Å²) in [6.45, 7) is 3.75. The van der Waals surface area contributed by atoms with E-state index in [4.69, 9.17) is 11.6 Å². The van der Waals surface area contributed by atoms with Gasteiger partial charge < -0.3 is 14.7 Å². The summed E-state index contributed by atoms with van der Waals surface area (Å²) in [5.41, 5.74) is 0.792. The van der Waals surface area contributed by atoms with Crippen molar-refractivity contribution in [3.8, 4) is 0 Å². The maximum Gasteiger partial charge on any atom is 0.325 e. The first-order valence-corrected chi connectivity index (χ1v) is 9.61. The number of hydrogen-bond donors (Lipinski definition) is 0. The molecular formula is C19H21ClN6O2. The molecule has 4 rings (SSSR count). The number of benzene rings is 1. The molecule has 2 saturated heterocycles. The predicted molar refractivity (Wildman–Crippen MR) is 107 cm³/mol. The Labute approximate surface area is 168 Å². The molecule has 0 aliphatic carbocycles. The molecule has 2 aromatic rings. The third kappa shape index (κ3) is 3.87. The Morgan fingerprint density at radius 2 is 1.64 bits per heavy atom. The number of urea groups is 1. The molecule has 2 aliphatic rings. The Balaban J connectivity index is 1.31. The van der Waals surface area contributed by atoms with Crippen molar-refractivity contribution in [2.75, 3.05) is 55.6 Å². The lowest BCUT2D eigenvalue weighted by Crippen LogP contribution is -2.52. The van der Waals surface area contributed by atoms with Crippen LogP contribution in [-0.2, 0) is 4.79 Å². The lowest BCUT2D eigenvalue weighted by atomic mass is 10.3. The molecular weight excluding hydrogens is 380 g/mol. The Morgan fingerprint density at radius 1 is 0.964 bits per heavy atom. The van der Waals surface area contributed by atoms with E-state index in [1.165, 1.54) is 0 Å². The Bertz CT molecular complexity index is 839. The molecule has 3 heterocycles. The van der Waals surface area contributed by atoms with Gasteiger partial charge in [-0.15, -0.1) is 0 Å². The van der Waals surface area contributed by atoms with Crippen molar-refractivity contribution in [2.24, 2.45) is 0 Å². The summed E-state index contributed by atoms with van der Waals surface area (Å²) in [7, 11) is 0. The highest BCUT2D eigenvalue weighted by Gasteiger charge is 2.32. The van der Waals surface area contributed by atoms with Crippen molar-refractivity contribution in [2.45, 2.75) is 0 Å². The summed E-state index contributed by atoms with van der Waals surface area (Å²) in [6, 6.07) is 8.78. The molecule has 146 valence electrons. The van der Waals surface area contributed by atoms with Gasteiger partial charge in [-0.1, -0.05) is 11.6 Å². The smallest absolute Gasteiger partial charge is 0.325 e. The molecule has 0 spiro atoms. The zero-order chi connectivity index (χ0) is 19.5. The first-order chi connectivity index (χ1) is 13.6. The molecule has 9 heteroatoms. The fourth-order valence-electron chi connectivity index (χ4n) is 3.46. The summed E-state index contributed by atoms with van der Waals surface area (Å²) < 4.78 is 0. The SMILES string of the molecule is O=C(CN1CCN(c2ccc(Cl)cc2)C1=O)N1CCN(c2ncccn2)CC1. The zero-order valence-electron chi connectivity index (χ0n) is 15.4. The fourth-order valence-corrected chi connectivity index (χ4v) is 3.59. The number of carbonyl (C=O) groups excluding carboxylic acids is 2. The quantitative estimate of drug-likeness (QED) is 0.781. The Morgan fingerprint density at radius 3 is 2.32 bits per heavy atom. The van der Waals surface area contributed by atoms with Crippen molar-refractivity contribution in [1.29, 1.82) is 0 Å². The second-order valence-electron chi connectivity index (χ2n) is 6.75. The van der Waals surface area contributed by atoms with Gasteiger partial charge in [0, 0.05) is 62.4 Å². The summed E-state index contributed by atoms with van der Waals surface area (Å²) >= 11 is 5.91. The standard InChI is InChI=1S/C19H21ClN6O2/c20-15-2-4-16(5-3-15)26-13-12-25(19(26)28)14-17(27)23-8-10-24(11-9-23)18-21-6-1-7-22-18/h1-7H,8-14H2. The summed E-state index contributed by atoms with van der Waals surface area (Å²) in [5.74, 6) is 0.655. The van der Waals surface area contributed by atoms with Gasteiger partial charge in [-0.25, -0.2) is 14.8 Å². The maximum absolute atomic E-state index is 12.7. The Kier molecular flexibility index (Phi) is 5.29. The van der Waals surface area contributed by atoms with Crippen molar-refractivity contribution in [3.05, 3.63) is 47.7 Å². The highest BCUT2D eigenvalue weighted by molar-refractivity contribution is 6.30. The number of halogens is 1. The van der Waals surface area contributed by atoms with Crippen LogP contribution in [0.15, 0.2) is 42.7 Å². The number of anilines is 2. The van der Waals surface area contributed by atoms with E-state index in [1.807, 2.05) is 12.1 Å². The van der Waals surface area contributed by atoms with Gasteiger partial charge in [0.25, 0.3) is 0 Å². The van der Waals surface area contributed by atoms with Crippen molar-refractivity contribution in [3.63, 3.8) is 0 Å². The van der Waals surface area contributed by atoms with Crippen LogP contribution < -0.4 is 9.80 Å². The van der Waals surface area contributed by atoms with E-state index in [2.05, 4.69) is 14.9 Å². The topological polar surface area (TPSA) is 72.9 Å². The summed E-state index contributed by atoms with van der Waals surface area (Å²) in [4.78, 5) is 41.0. The summed E-state index contributed by atoms with van der Waals surface area (Å²) in [5, 5.41) is 0.627. The molecule has 0 radical (unpaired) electrons. The van der Waals surface area contributed by atoms with Crippen LogP contribution in [0, 0.1) is 0 Å². The highest BCUT2D eigenvalue weighted by Crippen LogP contribution is 2.22. The molecule has 0 unspecified atom stereocenters. The van der Waals surface area contributed by atoms with Crippen molar-refractivity contribution in [1.82, 2.24) is 19.8 Å². The first-order valence-electron chi connectivity index (χ1n) is 9.23. The van der Waals surface area contributed by atoms with Crippen molar-refractivity contribution >= 4 is 35.2 Å². The van der Waals surface area contributed by atoms with E-state index in [0.717, 1.165) is 5.69 Å². The monoisotopic (exact) mass is 400 g/mol. The first kappa shape index (κ1) is 18.5. The van der Waals surface area contributed by atoms with E-state index in [0.29, 0.717) is 50.2 Å². The lowest BCUT2D eigenvalue weighted by Gasteiger charge is -2.35. The minimum Gasteiger partial charge on any atom is -0.338 e. The third-order valence-corrected chi connectivity index (χ3v) is 5.28. The normalized spacial score (nSPS) is 17.4. The van der Waals surface area contributed by atoms with Gasteiger partial charge in [-0.2, -0.15) is 0 Å². The molecule has 28 heavy (non-hydrogen) atoms. The number of amides is 3. The molecule has 2 fully saturated rings. The number of aromatic nitrogens is 2. The number of nitrogens with zero attached hydrogens (tertiary/aromatic N) is 6. The lowest BCUT2D eigenvalue weighted by molar-refractivity contribution is -0.131. The largest absolute Gasteiger partial charge is 0.338 e. The van der Waals surface area contributed by atoms with Crippen LogP contribution >= 0.6 is 11.6 Å². The van der Waals surface area contributed by atoms with Crippen LogP contribution in [0.1, 0.15) is 0 Å².